The van der Waals surface area contributed by atoms with Crippen LogP contribution in [0.25, 0.3) is 11.3 Å². The van der Waals surface area contributed by atoms with Crippen molar-refractivity contribution in [1.29, 1.82) is 0 Å². The summed E-state index contributed by atoms with van der Waals surface area (Å²) in [5.41, 5.74) is 1.94. The Labute approximate surface area is 182 Å². The summed E-state index contributed by atoms with van der Waals surface area (Å²) in [6, 6.07) is 14.0. The van der Waals surface area contributed by atoms with Crippen molar-refractivity contribution in [2.75, 3.05) is 64.9 Å². The fourth-order valence-corrected chi connectivity index (χ4v) is 3.31. The molecule has 2 amide bonds. The number of nitrogens with zero attached hydrogens (tertiary/aromatic N) is 3. The predicted molar refractivity (Wildman–Crippen MR) is 118 cm³/mol. The van der Waals surface area contributed by atoms with Crippen molar-refractivity contribution in [2.24, 2.45) is 0 Å². The highest BCUT2D eigenvalue weighted by Crippen LogP contribution is 2.24. The lowest BCUT2D eigenvalue weighted by atomic mass is 10.1. The molecule has 2 aromatic rings. The molecule has 1 fully saturated rings. The molecule has 9 nitrogen and oxygen atoms in total. The quantitative estimate of drug-likeness (QED) is 0.657. The third-order valence-corrected chi connectivity index (χ3v) is 5.11. The summed E-state index contributed by atoms with van der Waals surface area (Å²) in [4.78, 5) is 32.0. The largest absolute Gasteiger partial charge is 0.497 e. The monoisotopic (exact) mass is 427 g/mol. The molecule has 1 aliphatic heterocycles. The van der Waals surface area contributed by atoms with E-state index in [4.69, 9.17) is 14.5 Å². The summed E-state index contributed by atoms with van der Waals surface area (Å²) in [7, 11) is 3.15. The van der Waals surface area contributed by atoms with E-state index in [9.17, 15) is 9.59 Å². The topological polar surface area (TPSA) is 96.0 Å². The second-order valence-electron chi connectivity index (χ2n) is 7.12. The fourth-order valence-electron chi connectivity index (χ4n) is 3.31. The summed E-state index contributed by atoms with van der Waals surface area (Å²) >= 11 is 0. The molecule has 3 rings (SSSR count). The first-order chi connectivity index (χ1) is 15.1. The van der Waals surface area contributed by atoms with Crippen molar-refractivity contribution in [3.8, 4) is 17.0 Å². The van der Waals surface area contributed by atoms with E-state index in [0.29, 0.717) is 6.54 Å². The summed E-state index contributed by atoms with van der Waals surface area (Å²) in [6.45, 7) is 4.38. The number of amides is 2. The molecule has 0 saturated carbocycles. The molecule has 0 radical (unpaired) electrons. The number of alkyl carbamates (subject to hydrolysis) is 1. The lowest BCUT2D eigenvalue weighted by Crippen LogP contribution is -2.48. The number of anilines is 1. The van der Waals surface area contributed by atoms with Crippen LogP contribution in [0.1, 0.15) is 0 Å². The summed E-state index contributed by atoms with van der Waals surface area (Å²) < 4.78 is 10.1. The van der Waals surface area contributed by atoms with E-state index in [-0.39, 0.29) is 12.5 Å². The number of nitrogens with one attached hydrogen (secondary N) is 2. The number of ether oxygens (including phenoxy) is 2. The van der Waals surface area contributed by atoms with Gasteiger partial charge in [0, 0.05) is 51.9 Å². The maximum Gasteiger partial charge on any atom is 0.407 e. The zero-order chi connectivity index (χ0) is 22.1. The fraction of sp³-hybridized carbons (Fsp3) is 0.409. The average molecular weight is 428 g/mol. The van der Waals surface area contributed by atoms with Gasteiger partial charge in [-0.05, 0) is 24.3 Å². The van der Waals surface area contributed by atoms with E-state index in [2.05, 4.69) is 20.4 Å². The van der Waals surface area contributed by atoms with Gasteiger partial charge >= 0.3 is 6.09 Å². The molecule has 2 N–H and O–H groups in total. The lowest BCUT2D eigenvalue weighted by molar-refractivity contribution is -0.123. The van der Waals surface area contributed by atoms with Crippen molar-refractivity contribution < 1.29 is 19.1 Å². The average Bonchev–Trinajstić information content (AvgIpc) is 2.83. The Balaban J connectivity index is 1.45. The first-order valence-electron chi connectivity index (χ1n) is 10.3. The van der Waals surface area contributed by atoms with Crippen molar-refractivity contribution in [1.82, 2.24) is 20.5 Å². The van der Waals surface area contributed by atoms with Gasteiger partial charge in [0.05, 0.1) is 12.8 Å². The molecule has 0 bridgehead atoms. The molecule has 1 aromatic carbocycles. The van der Waals surface area contributed by atoms with Crippen molar-refractivity contribution in [3.05, 3.63) is 42.5 Å². The number of carbonyl (C=O) groups is 2. The zero-order valence-corrected chi connectivity index (χ0v) is 18.0. The molecule has 166 valence electrons. The van der Waals surface area contributed by atoms with Crippen molar-refractivity contribution in [2.45, 2.75) is 0 Å². The Kier molecular flexibility index (Phi) is 8.05. The smallest absolute Gasteiger partial charge is 0.407 e. The third-order valence-electron chi connectivity index (χ3n) is 5.11. The van der Waals surface area contributed by atoms with Crippen molar-refractivity contribution in [3.63, 3.8) is 0 Å². The highest BCUT2D eigenvalue weighted by molar-refractivity contribution is 5.79. The van der Waals surface area contributed by atoms with Crippen LogP contribution in [0.2, 0.25) is 0 Å². The highest BCUT2D eigenvalue weighted by atomic mass is 16.6. The molecule has 0 aliphatic carbocycles. The SMILES string of the molecule is CNC(=O)COC(=O)NCCN1CCN(c2cccc(-c3cccc(OC)c3)n2)CC1. The number of pyridine rings is 1. The molecule has 0 spiro atoms. The van der Waals surface area contributed by atoms with Gasteiger partial charge in [-0.25, -0.2) is 9.78 Å². The van der Waals surface area contributed by atoms with Crippen LogP contribution in [0, 0.1) is 0 Å². The van der Waals surface area contributed by atoms with E-state index >= 15 is 0 Å². The molecule has 2 heterocycles. The van der Waals surface area contributed by atoms with Crippen LogP contribution >= 0.6 is 0 Å². The van der Waals surface area contributed by atoms with Crippen LogP contribution in [0.3, 0.4) is 0 Å². The number of rotatable bonds is 8. The molecular formula is C22H29N5O4. The van der Waals surface area contributed by atoms with Crippen LogP contribution in [-0.4, -0.2) is 81.9 Å². The second kappa shape index (κ2) is 11.2. The van der Waals surface area contributed by atoms with E-state index < -0.39 is 6.09 Å². The Morgan fingerprint density at radius 2 is 1.87 bits per heavy atom. The van der Waals surface area contributed by atoms with Crippen molar-refractivity contribution >= 4 is 17.8 Å². The maximum atomic E-state index is 11.6. The van der Waals surface area contributed by atoms with Gasteiger partial charge in [0.15, 0.2) is 6.61 Å². The Hall–Kier alpha value is -3.33. The van der Waals surface area contributed by atoms with Gasteiger partial charge in [-0.3, -0.25) is 9.69 Å². The standard InChI is InChI=1S/C22H29N5O4/c1-23-21(28)16-31-22(29)24-9-10-26-11-13-27(14-12-26)20-8-4-7-19(25-20)17-5-3-6-18(15-17)30-2/h3-8,15H,9-14,16H2,1-2H3,(H,23,28)(H,24,29). The minimum absolute atomic E-state index is 0.275. The number of aromatic nitrogens is 1. The molecule has 1 aliphatic rings. The number of hydrogen-bond donors (Lipinski definition) is 2. The van der Waals surface area contributed by atoms with Gasteiger partial charge in [-0.1, -0.05) is 18.2 Å². The van der Waals surface area contributed by atoms with Gasteiger partial charge in [0.25, 0.3) is 5.91 Å². The molecule has 1 aromatic heterocycles. The molecule has 31 heavy (non-hydrogen) atoms. The van der Waals surface area contributed by atoms with Crippen LogP contribution in [0.15, 0.2) is 42.5 Å². The summed E-state index contributed by atoms with van der Waals surface area (Å²) in [5.74, 6) is 1.43. The Morgan fingerprint density at radius 1 is 1.10 bits per heavy atom. The number of piperazine rings is 1. The zero-order valence-electron chi connectivity index (χ0n) is 18.0. The highest BCUT2D eigenvalue weighted by Gasteiger charge is 2.18. The third kappa shape index (κ3) is 6.58. The summed E-state index contributed by atoms with van der Waals surface area (Å²) in [5, 5.41) is 5.06. The number of benzene rings is 1. The minimum atomic E-state index is -0.583. The van der Waals surface area contributed by atoms with Gasteiger partial charge in [-0.2, -0.15) is 0 Å². The number of hydrogen-bond acceptors (Lipinski definition) is 7. The van der Waals surface area contributed by atoms with E-state index in [1.165, 1.54) is 7.05 Å². The van der Waals surface area contributed by atoms with Gasteiger partial charge in [0.1, 0.15) is 11.6 Å². The minimum Gasteiger partial charge on any atom is -0.497 e. The van der Waals surface area contributed by atoms with Gasteiger partial charge in [-0.15, -0.1) is 0 Å². The first-order valence-corrected chi connectivity index (χ1v) is 10.3. The van der Waals surface area contributed by atoms with Gasteiger partial charge in [0.2, 0.25) is 0 Å². The van der Waals surface area contributed by atoms with E-state index in [1.807, 2.05) is 42.5 Å². The molecule has 0 atom stereocenters. The Morgan fingerprint density at radius 3 is 2.61 bits per heavy atom. The molecule has 1 saturated heterocycles. The van der Waals surface area contributed by atoms with E-state index in [1.54, 1.807) is 7.11 Å². The maximum absolute atomic E-state index is 11.6. The second-order valence-corrected chi connectivity index (χ2v) is 7.12. The molecule has 9 heteroatoms. The Bertz CT molecular complexity index is 884. The first kappa shape index (κ1) is 22.4. The van der Waals surface area contributed by atoms with E-state index in [0.717, 1.165) is 55.5 Å². The number of likely N-dealkylation sites (N-methyl/N-ethyl adjacent to an activating group) is 1. The van der Waals surface area contributed by atoms with Crippen LogP contribution < -0.4 is 20.3 Å². The number of methoxy groups -OCH3 is 1. The molecular weight excluding hydrogens is 398 g/mol. The van der Waals surface area contributed by atoms with Crippen LogP contribution in [0.5, 0.6) is 5.75 Å². The number of carbonyl (C=O) groups excluding carboxylic acids is 2. The van der Waals surface area contributed by atoms with Crippen LogP contribution in [-0.2, 0) is 9.53 Å². The lowest BCUT2D eigenvalue weighted by Gasteiger charge is -2.35. The predicted octanol–water partition coefficient (Wildman–Crippen LogP) is 1.35. The van der Waals surface area contributed by atoms with Crippen LogP contribution in [0.4, 0.5) is 10.6 Å². The normalized spacial score (nSPS) is 14.1. The molecule has 0 unspecified atom stereocenters. The summed E-state index contributed by atoms with van der Waals surface area (Å²) in [6.07, 6.45) is -0.583. The van der Waals surface area contributed by atoms with Gasteiger partial charge < -0.3 is 25.0 Å².